The Bertz CT molecular complexity index is 430. The minimum absolute atomic E-state index is 0.700. The van der Waals surface area contributed by atoms with Crippen LogP contribution in [-0.2, 0) is 0 Å². The molecule has 0 heteroatoms. The van der Waals surface area contributed by atoms with Crippen LogP contribution in [0.2, 0.25) is 0 Å². The summed E-state index contributed by atoms with van der Waals surface area (Å²) >= 11 is 0. The fourth-order valence-electron chi connectivity index (χ4n) is 3.34. The summed E-state index contributed by atoms with van der Waals surface area (Å²) in [4.78, 5) is 0. The first kappa shape index (κ1) is 19.0. The molecule has 22 heavy (non-hydrogen) atoms. The molecule has 0 radical (unpaired) electrons. The van der Waals surface area contributed by atoms with E-state index in [-0.39, 0.29) is 0 Å². The van der Waals surface area contributed by atoms with E-state index in [0.717, 1.165) is 11.8 Å². The highest BCUT2D eigenvalue weighted by atomic mass is 14.2. The second-order valence-electron chi connectivity index (χ2n) is 7.79. The first-order valence-corrected chi connectivity index (χ1v) is 9.04. The van der Waals surface area contributed by atoms with E-state index in [2.05, 4.69) is 79.7 Å². The predicted octanol–water partition coefficient (Wildman–Crippen LogP) is 7.11. The third-order valence-corrected chi connectivity index (χ3v) is 4.65. The van der Waals surface area contributed by atoms with Gasteiger partial charge >= 0.3 is 0 Å². The third kappa shape index (κ3) is 5.00. The van der Waals surface area contributed by atoms with Crippen molar-refractivity contribution in [3.63, 3.8) is 0 Å². The molecule has 0 aromatic rings. The molecule has 0 heterocycles. The topological polar surface area (TPSA) is 0 Å². The molecule has 2 aliphatic carbocycles. The van der Waals surface area contributed by atoms with Gasteiger partial charge in [0.15, 0.2) is 0 Å². The second-order valence-corrected chi connectivity index (χ2v) is 7.79. The van der Waals surface area contributed by atoms with Gasteiger partial charge in [0.1, 0.15) is 0 Å². The Morgan fingerprint density at radius 2 is 0.864 bits per heavy atom. The fraction of sp³-hybridized carbons (Fsp3) is 0.636. The molecular weight excluding hydrogens is 264 g/mol. The lowest BCUT2D eigenvalue weighted by atomic mass is 9.93. The molecule has 0 nitrogen and oxygen atoms in total. The molecule has 0 unspecified atom stereocenters. The van der Waals surface area contributed by atoms with Crippen LogP contribution in [-0.4, -0.2) is 0 Å². The maximum absolute atomic E-state index is 2.29. The van der Waals surface area contributed by atoms with Crippen molar-refractivity contribution in [3.8, 4) is 0 Å². The highest BCUT2D eigenvalue weighted by Gasteiger charge is 2.15. The van der Waals surface area contributed by atoms with E-state index in [4.69, 9.17) is 0 Å². The Labute approximate surface area is 139 Å². The van der Waals surface area contributed by atoms with Crippen LogP contribution in [0, 0.1) is 23.7 Å². The van der Waals surface area contributed by atoms with E-state index in [1.807, 2.05) is 0 Å². The average Bonchev–Trinajstić information content (AvgIpc) is 3.08. The van der Waals surface area contributed by atoms with Crippen LogP contribution in [0.5, 0.6) is 0 Å². The van der Waals surface area contributed by atoms with Crippen LogP contribution in [0.25, 0.3) is 0 Å². The molecule has 0 saturated carbocycles. The summed E-state index contributed by atoms with van der Waals surface area (Å²) in [5.74, 6) is 2.85. The van der Waals surface area contributed by atoms with E-state index >= 15 is 0 Å². The summed E-state index contributed by atoms with van der Waals surface area (Å²) in [5.41, 5.74) is 6.42. The maximum atomic E-state index is 2.29. The quantitative estimate of drug-likeness (QED) is 0.519. The molecule has 2 rings (SSSR count). The van der Waals surface area contributed by atoms with Crippen LogP contribution < -0.4 is 0 Å². The third-order valence-electron chi connectivity index (χ3n) is 4.65. The molecule has 0 saturated heterocycles. The van der Waals surface area contributed by atoms with E-state index in [1.54, 1.807) is 22.3 Å². The standard InChI is InChI=1S/2C11H18/c2*1-8(2)10-6-5-7-11(10)9(3)4/h2*5-6,8-9H,7H2,1-4H3. The highest BCUT2D eigenvalue weighted by molar-refractivity contribution is 5.36. The van der Waals surface area contributed by atoms with Crippen LogP contribution in [0.4, 0.5) is 0 Å². The molecule has 0 N–H and O–H groups in total. The largest absolute Gasteiger partial charge is 0.0802 e. The van der Waals surface area contributed by atoms with E-state index < -0.39 is 0 Å². The van der Waals surface area contributed by atoms with E-state index in [1.165, 1.54) is 12.8 Å². The average molecular weight is 301 g/mol. The van der Waals surface area contributed by atoms with Crippen LogP contribution in [0.15, 0.2) is 46.6 Å². The van der Waals surface area contributed by atoms with Crippen LogP contribution in [0.3, 0.4) is 0 Å². The number of rotatable bonds is 4. The molecule has 0 bridgehead atoms. The van der Waals surface area contributed by atoms with E-state index in [9.17, 15) is 0 Å². The van der Waals surface area contributed by atoms with Crippen molar-refractivity contribution in [2.45, 2.75) is 68.2 Å². The SMILES string of the molecule is CC(C)C1=C(C(C)C)CC=C1.CC(C)C1=C(C(C)C)CC=C1. The first-order valence-electron chi connectivity index (χ1n) is 9.04. The van der Waals surface area contributed by atoms with Gasteiger partial charge in [-0.25, -0.2) is 0 Å². The molecule has 2 aliphatic rings. The molecule has 0 aromatic heterocycles. The minimum Gasteiger partial charge on any atom is -0.0802 e. The molecule has 0 fully saturated rings. The zero-order chi connectivity index (χ0) is 16.9. The van der Waals surface area contributed by atoms with Crippen molar-refractivity contribution in [1.29, 1.82) is 0 Å². The zero-order valence-corrected chi connectivity index (χ0v) is 16.0. The zero-order valence-electron chi connectivity index (χ0n) is 16.0. The molecule has 0 atom stereocenters. The highest BCUT2D eigenvalue weighted by Crippen LogP contribution is 2.30. The van der Waals surface area contributed by atoms with Gasteiger partial charge in [-0.15, -0.1) is 0 Å². The van der Waals surface area contributed by atoms with Gasteiger partial charge in [-0.3, -0.25) is 0 Å². The van der Waals surface area contributed by atoms with E-state index in [0.29, 0.717) is 11.8 Å². The second kappa shape index (κ2) is 8.56. The van der Waals surface area contributed by atoms with Crippen molar-refractivity contribution in [1.82, 2.24) is 0 Å². The van der Waals surface area contributed by atoms with Gasteiger partial charge in [0.2, 0.25) is 0 Å². The summed E-state index contributed by atoms with van der Waals surface area (Å²) in [6.07, 6.45) is 11.5. The lowest BCUT2D eigenvalue weighted by Gasteiger charge is -2.13. The van der Waals surface area contributed by atoms with Crippen molar-refractivity contribution in [3.05, 3.63) is 46.6 Å². The Balaban J connectivity index is 0.000000220. The minimum atomic E-state index is 0.700. The molecule has 0 spiro atoms. The molecular formula is C22H36. The fourth-order valence-corrected chi connectivity index (χ4v) is 3.34. The van der Waals surface area contributed by atoms with Gasteiger partial charge in [0, 0.05) is 0 Å². The summed E-state index contributed by atoms with van der Waals surface area (Å²) in [6, 6.07) is 0. The van der Waals surface area contributed by atoms with Crippen molar-refractivity contribution < 1.29 is 0 Å². The summed E-state index contributed by atoms with van der Waals surface area (Å²) in [6.45, 7) is 18.2. The number of hydrogen-bond acceptors (Lipinski definition) is 0. The Hall–Kier alpha value is -1.04. The number of allylic oxidation sites excluding steroid dienone is 8. The molecule has 124 valence electrons. The Morgan fingerprint density at radius 3 is 1.05 bits per heavy atom. The van der Waals surface area contributed by atoms with Gasteiger partial charge in [-0.05, 0) is 47.7 Å². The normalized spacial score (nSPS) is 17.6. The Kier molecular flexibility index (Phi) is 7.39. The molecule has 0 aliphatic heterocycles. The smallest absolute Gasteiger partial charge is 0.0127 e. The Morgan fingerprint density at radius 1 is 0.545 bits per heavy atom. The van der Waals surface area contributed by atoms with Crippen LogP contribution in [0.1, 0.15) is 68.2 Å². The maximum Gasteiger partial charge on any atom is -0.0127 e. The summed E-state index contributed by atoms with van der Waals surface area (Å²) in [5, 5.41) is 0. The summed E-state index contributed by atoms with van der Waals surface area (Å²) in [7, 11) is 0. The number of hydrogen-bond donors (Lipinski definition) is 0. The van der Waals surface area contributed by atoms with Gasteiger partial charge in [-0.2, -0.15) is 0 Å². The first-order chi connectivity index (χ1) is 10.3. The van der Waals surface area contributed by atoms with Gasteiger partial charge in [0.05, 0.1) is 0 Å². The lowest BCUT2D eigenvalue weighted by Crippen LogP contribution is -1.98. The van der Waals surface area contributed by atoms with Crippen LogP contribution >= 0.6 is 0 Å². The summed E-state index contributed by atoms with van der Waals surface area (Å²) < 4.78 is 0. The van der Waals surface area contributed by atoms with Crippen molar-refractivity contribution in [2.24, 2.45) is 23.7 Å². The lowest BCUT2D eigenvalue weighted by molar-refractivity contribution is 0.702. The van der Waals surface area contributed by atoms with Gasteiger partial charge < -0.3 is 0 Å². The van der Waals surface area contributed by atoms with Crippen molar-refractivity contribution in [2.75, 3.05) is 0 Å². The predicted molar refractivity (Wildman–Crippen MR) is 101 cm³/mol. The molecule has 0 amide bonds. The molecule has 0 aromatic carbocycles. The van der Waals surface area contributed by atoms with Crippen molar-refractivity contribution >= 4 is 0 Å². The van der Waals surface area contributed by atoms with Gasteiger partial charge in [-0.1, -0.05) is 90.8 Å². The van der Waals surface area contributed by atoms with Gasteiger partial charge in [0.25, 0.3) is 0 Å². The monoisotopic (exact) mass is 300 g/mol.